The summed E-state index contributed by atoms with van der Waals surface area (Å²) < 4.78 is 0.442. The van der Waals surface area contributed by atoms with Crippen molar-refractivity contribution >= 4 is 23.6 Å². The predicted octanol–water partition coefficient (Wildman–Crippen LogP) is 2.96. The Balaban J connectivity index is 2.09. The summed E-state index contributed by atoms with van der Waals surface area (Å²) in [6.07, 6.45) is 1.76. The lowest BCUT2D eigenvalue weighted by Crippen LogP contribution is -1.81. The second-order valence-electron chi connectivity index (χ2n) is 3.66. The highest BCUT2D eigenvalue weighted by atomic mass is 32.1. The van der Waals surface area contributed by atoms with Gasteiger partial charge in [0.25, 0.3) is 0 Å². The Kier molecular flexibility index (Phi) is 2.77. The maximum Gasteiger partial charge on any atom is 0.213 e. The first kappa shape index (κ1) is 11.2. The number of thiazole rings is 1. The monoisotopic (exact) mass is 275 g/mol. The molecule has 7 heteroatoms. The van der Waals surface area contributed by atoms with Crippen molar-refractivity contribution in [3.8, 4) is 21.4 Å². The van der Waals surface area contributed by atoms with Crippen LogP contribution in [0.1, 0.15) is 5.69 Å². The highest BCUT2D eigenvalue weighted by Gasteiger charge is 2.13. The van der Waals surface area contributed by atoms with Gasteiger partial charge in [0, 0.05) is 6.20 Å². The van der Waals surface area contributed by atoms with Crippen LogP contribution in [0, 0.1) is 11.7 Å². The first-order valence-corrected chi connectivity index (χ1v) is 6.50. The van der Waals surface area contributed by atoms with Crippen molar-refractivity contribution < 1.29 is 0 Å². The second-order valence-corrected chi connectivity index (χ2v) is 5.05. The van der Waals surface area contributed by atoms with Gasteiger partial charge in [-0.05, 0) is 31.3 Å². The molecule has 0 aliphatic carbocycles. The number of pyridine rings is 1. The van der Waals surface area contributed by atoms with Gasteiger partial charge in [-0.25, -0.2) is 4.98 Å². The van der Waals surface area contributed by atoms with Crippen LogP contribution >= 0.6 is 23.6 Å². The quantitative estimate of drug-likeness (QED) is 0.705. The van der Waals surface area contributed by atoms with Crippen LogP contribution in [0.25, 0.3) is 21.4 Å². The SMILES string of the molecule is Cc1nc(-c2ccccn2)sc1-c1nc(=S)[nH][nH]1. The number of nitrogens with zero attached hydrogens (tertiary/aromatic N) is 3. The molecular weight excluding hydrogens is 266 g/mol. The van der Waals surface area contributed by atoms with Crippen LogP contribution in [0.4, 0.5) is 0 Å². The van der Waals surface area contributed by atoms with E-state index in [2.05, 4.69) is 25.1 Å². The molecule has 90 valence electrons. The Morgan fingerprint density at radius 1 is 1.22 bits per heavy atom. The van der Waals surface area contributed by atoms with Crippen molar-refractivity contribution in [3.63, 3.8) is 0 Å². The van der Waals surface area contributed by atoms with E-state index in [-0.39, 0.29) is 0 Å². The van der Waals surface area contributed by atoms with Gasteiger partial charge in [0.05, 0.1) is 16.3 Å². The molecule has 0 spiro atoms. The number of hydrogen-bond acceptors (Lipinski definition) is 5. The van der Waals surface area contributed by atoms with E-state index in [1.165, 1.54) is 0 Å². The highest BCUT2D eigenvalue weighted by molar-refractivity contribution is 7.71. The summed E-state index contributed by atoms with van der Waals surface area (Å²) in [6.45, 7) is 1.95. The van der Waals surface area contributed by atoms with Crippen molar-refractivity contribution in [1.29, 1.82) is 0 Å². The molecule has 0 aliphatic rings. The summed E-state index contributed by atoms with van der Waals surface area (Å²) in [5.41, 5.74) is 1.78. The third-order valence-electron chi connectivity index (χ3n) is 2.40. The summed E-state index contributed by atoms with van der Waals surface area (Å²) in [5.74, 6) is 0.720. The Morgan fingerprint density at radius 3 is 2.78 bits per heavy atom. The summed E-state index contributed by atoms with van der Waals surface area (Å²) in [4.78, 5) is 14.0. The molecule has 0 bridgehead atoms. The van der Waals surface area contributed by atoms with Gasteiger partial charge in [-0.15, -0.1) is 11.3 Å². The number of aromatic amines is 2. The fraction of sp³-hybridized carbons (Fsp3) is 0.0909. The van der Waals surface area contributed by atoms with Crippen LogP contribution in [-0.4, -0.2) is 25.1 Å². The van der Waals surface area contributed by atoms with Crippen molar-refractivity contribution in [1.82, 2.24) is 25.1 Å². The minimum atomic E-state index is 0.442. The molecule has 3 aromatic heterocycles. The summed E-state index contributed by atoms with van der Waals surface area (Å²) in [7, 11) is 0. The normalized spacial score (nSPS) is 10.7. The predicted molar refractivity (Wildman–Crippen MR) is 72.8 cm³/mol. The molecule has 3 aromatic rings. The number of rotatable bonds is 2. The van der Waals surface area contributed by atoms with Gasteiger partial charge in [0.1, 0.15) is 5.01 Å². The Hall–Kier alpha value is -1.86. The number of hydrogen-bond donors (Lipinski definition) is 2. The molecule has 0 aliphatic heterocycles. The molecular formula is C11H9N5S2. The Labute approximate surface area is 112 Å². The van der Waals surface area contributed by atoms with E-state index >= 15 is 0 Å². The summed E-state index contributed by atoms with van der Waals surface area (Å²) in [6, 6.07) is 5.77. The van der Waals surface area contributed by atoms with E-state index in [1.807, 2.05) is 25.1 Å². The standard InChI is InChI=1S/C11H9N5S2/c1-6-8(9-14-11(17)16-15-9)18-10(13-6)7-4-2-3-5-12-7/h2-5H,1H3,(H2,14,15,16,17). The van der Waals surface area contributed by atoms with Gasteiger partial charge in [-0.3, -0.25) is 15.2 Å². The molecule has 18 heavy (non-hydrogen) atoms. The maximum atomic E-state index is 4.95. The average molecular weight is 275 g/mol. The smallest absolute Gasteiger partial charge is 0.213 e. The maximum absolute atomic E-state index is 4.95. The molecule has 0 unspecified atom stereocenters. The van der Waals surface area contributed by atoms with Crippen molar-refractivity contribution in [2.45, 2.75) is 6.92 Å². The first-order valence-electron chi connectivity index (χ1n) is 5.28. The van der Waals surface area contributed by atoms with E-state index in [9.17, 15) is 0 Å². The molecule has 0 amide bonds. The lowest BCUT2D eigenvalue weighted by atomic mass is 10.3. The Bertz CT molecular complexity index is 725. The Morgan fingerprint density at radius 2 is 2.11 bits per heavy atom. The summed E-state index contributed by atoms with van der Waals surface area (Å²) in [5, 5.41) is 6.60. The van der Waals surface area contributed by atoms with Crippen LogP contribution in [0.5, 0.6) is 0 Å². The fourth-order valence-corrected chi connectivity index (χ4v) is 2.72. The zero-order chi connectivity index (χ0) is 12.5. The van der Waals surface area contributed by atoms with Gasteiger partial charge < -0.3 is 0 Å². The molecule has 0 saturated carbocycles. The molecule has 0 saturated heterocycles. The lowest BCUT2D eigenvalue weighted by molar-refractivity contribution is 1.08. The highest BCUT2D eigenvalue weighted by Crippen LogP contribution is 2.32. The van der Waals surface area contributed by atoms with Crippen LogP contribution in [0.15, 0.2) is 24.4 Å². The minimum absolute atomic E-state index is 0.442. The van der Waals surface area contributed by atoms with E-state index in [0.29, 0.717) is 4.77 Å². The second kappa shape index (κ2) is 4.43. The molecule has 0 fully saturated rings. The largest absolute Gasteiger partial charge is 0.281 e. The van der Waals surface area contributed by atoms with Gasteiger partial charge in [0.2, 0.25) is 4.77 Å². The minimum Gasteiger partial charge on any atom is -0.281 e. The van der Waals surface area contributed by atoms with Crippen LogP contribution < -0.4 is 0 Å². The van der Waals surface area contributed by atoms with Crippen LogP contribution in [-0.2, 0) is 0 Å². The molecule has 0 aromatic carbocycles. The van der Waals surface area contributed by atoms with Gasteiger partial charge >= 0.3 is 0 Å². The van der Waals surface area contributed by atoms with Gasteiger partial charge in [-0.2, -0.15) is 4.98 Å². The molecule has 5 nitrogen and oxygen atoms in total. The molecule has 3 heterocycles. The molecule has 3 rings (SSSR count). The summed E-state index contributed by atoms with van der Waals surface area (Å²) >= 11 is 6.50. The fourth-order valence-electron chi connectivity index (χ4n) is 1.59. The van der Waals surface area contributed by atoms with Gasteiger partial charge in [-0.1, -0.05) is 6.07 Å². The average Bonchev–Trinajstić information content (AvgIpc) is 2.97. The molecule has 0 atom stereocenters. The number of aromatic nitrogens is 5. The van der Waals surface area contributed by atoms with E-state index in [1.54, 1.807) is 17.5 Å². The van der Waals surface area contributed by atoms with Crippen molar-refractivity contribution in [2.24, 2.45) is 0 Å². The van der Waals surface area contributed by atoms with E-state index in [0.717, 1.165) is 27.1 Å². The van der Waals surface area contributed by atoms with E-state index < -0.39 is 0 Å². The third-order valence-corrected chi connectivity index (χ3v) is 3.78. The lowest BCUT2D eigenvalue weighted by Gasteiger charge is -1.91. The van der Waals surface area contributed by atoms with Crippen molar-refractivity contribution in [3.05, 3.63) is 34.9 Å². The van der Waals surface area contributed by atoms with Crippen LogP contribution in [0.2, 0.25) is 0 Å². The third kappa shape index (κ3) is 1.98. The van der Waals surface area contributed by atoms with E-state index in [4.69, 9.17) is 12.2 Å². The number of aryl methyl sites for hydroxylation is 1. The number of nitrogens with one attached hydrogen (secondary N) is 2. The zero-order valence-electron chi connectivity index (χ0n) is 9.47. The van der Waals surface area contributed by atoms with Gasteiger partial charge in [0.15, 0.2) is 5.82 Å². The zero-order valence-corrected chi connectivity index (χ0v) is 11.1. The first-order chi connectivity index (χ1) is 8.74. The van der Waals surface area contributed by atoms with Crippen molar-refractivity contribution in [2.75, 3.05) is 0 Å². The van der Waals surface area contributed by atoms with Crippen LogP contribution in [0.3, 0.4) is 0 Å². The molecule has 0 radical (unpaired) electrons. The molecule has 2 N–H and O–H groups in total. The topological polar surface area (TPSA) is 70.2 Å². The number of H-pyrrole nitrogens is 2.